The van der Waals surface area contributed by atoms with Crippen LogP contribution in [0.5, 0.6) is 0 Å². The molecule has 21 heavy (non-hydrogen) atoms. The van der Waals surface area contributed by atoms with Gasteiger partial charge < -0.3 is 29.9 Å². The zero-order valence-electron chi connectivity index (χ0n) is 11.4. The van der Waals surface area contributed by atoms with Gasteiger partial charge in [0.2, 0.25) is 0 Å². The minimum atomic E-state index is -1.19. The van der Waals surface area contributed by atoms with Crippen LogP contribution in [0.2, 0.25) is 0 Å². The molecule has 116 valence electrons. The molecule has 1 aromatic rings. The van der Waals surface area contributed by atoms with Gasteiger partial charge in [-0.25, -0.2) is 0 Å². The lowest BCUT2D eigenvalue weighted by Crippen LogP contribution is -2.45. The number of aliphatic hydroxyl groups is 4. The van der Waals surface area contributed by atoms with E-state index in [1.807, 2.05) is 30.3 Å². The topological polar surface area (TPSA) is 99.4 Å². The molecular formula is C15H20O6. The summed E-state index contributed by atoms with van der Waals surface area (Å²) in [5.41, 5.74) is 0.954. The van der Waals surface area contributed by atoms with Gasteiger partial charge in [-0.05, 0) is 11.6 Å². The Balaban J connectivity index is 2.04. The van der Waals surface area contributed by atoms with Crippen LogP contribution in [-0.4, -0.2) is 64.3 Å². The van der Waals surface area contributed by atoms with Crippen LogP contribution in [-0.2, 0) is 9.47 Å². The Kier molecular flexibility index (Phi) is 5.86. The fourth-order valence-electron chi connectivity index (χ4n) is 2.17. The molecule has 0 radical (unpaired) electrons. The number of aliphatic hydroxyl groups excluding tert-OH is 4. The fourth-order valence-corrected chi connectivity index (χ4v) is 2.17. The van der Waals surface area contributed by atoms with Crippen molar-refractivity contribution >= 4 is 6.08 Å². The average molecular weight is 296 g/mol. The van der Waals surface area contributed by atoms with Crippen molar-refractivity contribution in [2.75, 3.05) is 13.2 Å². The summed E-state index contributed by atoms with van der Waals surface area (Å²) in [4.78, 5) is 0. The van der Waals surface area contributed by atoms with Gasteiger partial charge >= 0.3 is 0 Å². The van der Waals surface area contributed by atoms with Gasteiger partial charge in [-0.1, -0.05) is 36.4 Å². The van der Waals surface area contributed by atoms with Crippen LogP contribution >= 0.6 is 0 Å². The van der Waals surface area contributed by atoms with Crippen molar-refractivity contribution < 1.29 is 29.9 Å². The molecular weight excluding hydrogens is 276 g/mol. The van der Waals surface area contributed by atoms with Crippen LogP contribution in [0.4, 0.5) is 0 Å². The van der Waals surface area contributed by atoms with Crippen molar-refractivity contribution in [1.82, 2.24) is 0 Å². The zero-order valence-corrected chi connectivity index (χ0v) is 11.4. The highest BCUT2D eigenvalue weighted by molar-refractivity contribution is 5.49. The number of rotatable bonds is 6. The monoisotopic (exact) mass is 296 g/mol. The first-order valence-corrected chi connectivity index (χ1v) is 6.77. The molecule has 5 atom stereocenters. The highest BCUT2D eigenvalue weighted by Gasteiger charge is 2.43. The fraction of sp³-hybridized carbons (Fsp3) is 0.467. The van der Waals surface area contributed by atoms with E-state index in [1.54, 1.807) is 12.2 Å². The number of hydrogen-bond donors (Lipinski definition) is 4. The second-order valence-corrected chi connectivity index (χ2v) is 4.84. The van der Waals surface area contributed by atoms with Gasteiger partial charge in [0.15, 0.2) is 6.29 Å². The van der Waals surface area contributed by atoms with E-state index < -0.39 is 43.9 Å². The SMILES string of the molecule is OC[C@@H](O)[C@@H]1OC(/C=C/c2ccccc2)O[C@@H]1[C@@H](O)CO. The first kappa shape index (κ1) is 16.1. The number of benzene rings is 1. The van der Waals surface area contributed by atoms with Gasteiger partial charge in [0, 0.05) is 0 Å². The summed E-state index contributed by atoms with van der Waals surface area (Å²) in [5, 5.41) is 37.4. The molecule has 0 amide bonds. The summed E-state index contributed by atoms with van der Waals surface area (Å²) in [5.74, 6) is 0. The molecule has 0 aliphatic carbocycles. The maximum Gasteiger partial charge on any atom is 0.178 e. The Morgan fingerprint density at radius 2 is 1.48 bits per heavy atom. The van der Waals surface area contributed by atoms with E-state index in [9.17, 15) is 10.2 Å². The molecule has 6 heteroatoms. The smallest absolute Gasteiger partial charge is 0.178 e. The molecule has 0 saturated carbocycles. The molecule has 1 aliphatic rings. The van der Waals surface area contributed by atoms with E-state index in [4.69, 9.17) is 19.7 Å². The molecule has 0 spiro atoms. The van der Waals surface area contributed by atoms with E-state index in [0.29, 0.717) is 0 Å². The summed E-state index contributed by atoms with van der Waals surface area (Å²) in [6.45, 7) is -1.03. The normalized spacial score (nSPS) is 28.9. The lowest BCUT2D eigenvalue weighted by Gasteiger charge is -2.23. The maximum atomic E-state index is 9.70. The Hall–Kier alpha value is -1.28. The molecule has 0 aromatic heterocycles. The second-order valence-electron chi connectivity index (χ2n) is 4.84. The predicted molar refractivity (Wildman–Crippen MR) is 75.2 cm³/mol. The Bertz CT molecular complexity index is 431. The quantitative estimate of drug-likeness (QED) is 0.566. The van der Waals surface area contributed by atoms with Crippen LogP contribution in [0, 0.1) is 0 Å². The summed E-state index contributed by atoms with van der Waals surface area (Å²) < 4.78 is 11.0. The molecule has 4 N–H and O–H groups in total. The Morgan fingerprint density at radius 3 is 1.95 bits per heavy atom. The summed E-state index contributed by atoms with van der Waals surface area (Å²) in [6, 6.07) is 9.51. The third-order valence-electron chi connectivity index (χ3n) is 3.28. The van der Waals surface area contributed by atoms with Crippen LogP contribution in [0.15, 0.2) is 36.4 Å². The van der Waals surface area contributed by atoms with Crippen molar-refractivity contribution in [3.05, 3.63) is 42.0 Å². The van der Waals surface area contributed by atoms with Gasteiger partial charge in [0.25, 0.3) is 0 Å². The van der Waals surface area contributed by atoms with Crippen molar-refractivity contribution in [2.24, 2.45) is 0 Å². The number of ether oxygens (including phenoxy) is 2. The van der Waals surface area contributed by atoms with Gasteiger partial charge in [-0.3, -0.25) is 0 Å². The van der Waals surface area contributed by atoms with E-state index >= 15 is 0 Å². The first-order valence-electron chi connectivity index (χ1n) is 6.77. The van der Waals surface area contributed by atoms with Gasteiger partial charge in [0.1, 0.15) is 24.4 Å². The largest absolute Gasteiger partial charge is 0.394 e. The maximum absolute atomic E-state index is 9.70. The highest BCUT2D eigenvalue weighted by Crippen LogP contribution is 2.25. The van der Waals surface area contributed by atoms with Gasteiger partial charge in [0.05, 0.1) is 13.2 Å². The molecule has 1 unspecified atom stereocenters. The standard InChI is InChI=1S/C15H20O6/c16-8-11(18)14-15(12(19)9-17)21-13(20-14)7-6-10-4-2-1-3-5-10/h1-7,11-19H,8-9H2/b7-6+/t11-,12+,13?,14+,15-. The third kappa shape index (κ3) is 4.10. The van der Waals surface area contributed by atoms with Crippen molar-refractivity contribution in [3.8, 4) is 0 Å². The lowest BCUT2D eigenvalue weighted by atomic mass is 10.0. The van der Waals surface area contributed by atoms with Crippen LogP contribution < -0.4 is 0 Å². The van der Waals surface area contributed by atoms with Gasteiger partial charge in [-0.2, -0.15) is 0 Å². The van der Waals surface area contributed by atoms with E-state index in [2.05, 4.69) is 0 Å². The van der Waals surface area contributed by atoms with Crippen LogP contribution in [0.1, 0.15) is 5.56 Å². The molecule has 0 bridgehead atoms. The predicted octanol–water partition coefficient (Wildman–Crippen LogP) is -0.484. The van der Waals surface area contributed by atoms with Crippen molar-refractivity contribution in [1.29, 1.82) is 0 Å². The minimum absolute atomic E-state index is 0.516. The summed E-state index contributed by atoms with van der Waals surface area (Å²) >= 11 is 0. The molecule has 1 fully saturated rings. The van der Waals surface area contributed by atoms with Crippen molar-refractivity contribution in [2.45, 2.75) is 30.7 Å². The average Bonchev–Trinajstić information content (AvgIpc) is 2.96. The molecule has 6 nitrogen and oxygen atoms in total. The molecule has 1 heterocycles. The molecule has 2 rings (SSSR count). The first-order chi connectivity index (χ1) is 10.2. The molecule has 1 saturated heterocycles. The van der Waals surface area contributed by atoms with Crippen LogP contribution in [0.3, 0.4) is 0 Å². The molecule has 1 aliphatic heterocycles. The Labute approximate surface area is 122 Å². The second kappa shape index (κ2) is 7.65. The van der Waals surface area contributed by atoms with Gasteiger partial charge in [-0.15, -0.1) is 0 Å². The Morgan fingerprint density at radius 1 is 0.952 bits per heavy atom. The van der Waals surface area contributed by atoms with E-state index in [0.717, 1.165) is 5.56 Å². The number of hydrogen-bond acceptors (Lipinski definition) is 6. The third-order valence-corrected chi connectivity index (χ3v) is 3.28. The lowest BCUT2D eigenvalue weighted by molar-refractivity contribution is -0.0640. The van der Waals surface area contributed by atoms with Crippen molar-refractivity contribution in [3.63, 3.8) is 0 Å². The highest BCUT2D eigenvalue weighted by atomic mass is 16.7. The van der Waals surface area contributed by atoms with E-state index in [1.165, 1.54) is 0 Å². The molecule has 1 aromatic carbocycles. The van der Waals surface area contributed by atoms with Crippen LogP contribution in [0.25, 0.3) is 6.08 Å². The van der Waals surface area contributed by atoms with E-state index in [-0.39, 0.29) is 0 Å². The zero-order chi connectivity index (χ0) is 15.2. The minimum Gasteiger partial charge on any atom is -0.394 e. The summed E-state index contributed by atoms with van der Waals surface area (Å²) in [7, 11) is 0. The summed E-state index contributed by atoms with van der Waals surface area (Å²) in [6.07, 6.45) is -1.50.